The summed E-state index contributed by atoms with van der Waals surface area (Å²) in [5, 5.41) is 13.7. The minimum atomic E-state index is -0.420. The van der Waals surface area contributed by atoms with E-state index in [2.05, 4.69) is 20.8 Å². The second-order valence-electron chi connectivity index (χ2n) is 6.28. The molecular formula is C21H22N4O6S2. The zero-order chi connectivity index (χ0) is 23.8. The molecule has 174 valence electrons. The van der Waals surface area contributed by atoms with Crippen molar-refractivity contribution in [3.63, 3.8) is 0 Å². The van der Waals surface area contributed by atoms with Crippen molar-refractivity contribution in [1.82, 2.24) is 10.2 Å². The second kappa shape index (κ2) is 11.4. The molecule has 0 aliphatic carbocycles. The molecule has 0 spiro atoms. The lowest BCUT2D eigenvalue weighted by Gasteiger charge is -2.13. The van der Waals surface area contributed by atoms with Gasteiger partial charge in [-0.3, -0.25) is 14.9 Å². The monoisotopic (exact) mass is 490 g/mol. The van der Waals surface area contributed by atoms with E-state index in [-0.39, 0.29) is 11.7 Å². The average Bonchev–Trinajstić information content (AvgIpc) is 3.29. The number of ether oxygens (including phenoxy) is 4. The number of rotatable bonds is 10. The Kier molecular flexibility index (Phi) is 8.33. The predicted octanol–water partition coefficient (Wildman–Crippen LogP) is 3.56. The van der Waals surface area contributed by atoms with Gasteiger partial charge in [0.2, 0.25) is 16.8 Å². The van der Waals surface area contributed by atoms with Gasteiger partial charge >= 0.3 is 0 Å². The summed E-state index contributed by atoms with van der Waals surface area (Å²) in [6.45, 7) is 0. The molecule has 0 saturated heterocycles. The van der Waals surface area contributed by atoms with Crippen LogP contribution in [0.15, 0.2) is 40.7 Å². The topological polar surface area (TPSA) is 121 Å². The minimum Gasteiger partial charge on any atom is -0.495 e. The lowest BCUT2D eigenvalue weighted by molar-refractivity contribution is -0.113. The Hall–Kier alpha value is -3.51. The number of hydrogen-bond donors (Lipinski definition) is 2. The molecule has 10 nitrogen and oxygen atoms in total. The number of benzene rings is 2. The SMILES string of the molecule is COc1ccccc1NC(=O)CSc1nnc(NC(=O)c2cc(OC)c(OC)c(OC)c2)s1. The maximum absolute atomic E-state index is 12.7. The number of nitrogens with one attached hydrogen (secondary N) is 2. The summed E-state index contributed by atoms with van der Waals surface area (Å²) < 4.78 is 21.6. The first-order valence-corrected chi connectivity index (χ1v) is 11.3. The second-order valence-corrected chi connectivity index (χ2v) is 8.48. The number of carbonyl (C=O) groups excluding carboxylic acids is 2. The van der Waals surface area contributed by atoms with E-state index in [9.17, 15) is 9.59 Å². The van der Waals surface area contributed by atoms with Crippen LogP contribution in [-0.4, -0.2) is 56.2 Å². The molecule has 1 aromatic heterocycles. The van der Waals surface area contributed by atoms with Crippen LogP contribution in [-0.2, 0) is 4.79 Å². The summed E-state index contributed by atoms with van der Waals surface area (Å²) in [5.41, 5.74) is 0.881. The zero-order valence-corrected chi connectivity index (χ0v) is 20.0. The van der Waals surface area contributed by atoms with Gasteiger partial charge in [-0.05, 0) is 24.3 Å². The molecule has 0 atom stereocenters. The van der Waals surface area contributed by atoms with E-state index in [4.69, 9.17) is 18.9 Å². The van der Waals surface area contributed by atoms with E-state index in [0.29, 0.717) is 43.7 Å². The Labute approximate surface area is 198 Å². The first-order chi connectivity index (χ1) is 16.0. The van der Waals surface area contributed by atoms with Crippen LogP contribution in [0.25, 0.3) is 0 Å². The third kappa shape index (κ3) is 6.05. The van der Waals surface area contributed by atoms with Crippen LogP contribution in [0.1, 0.15) is 10.4 Å². The van der Waals surface area contributed by atoms with Crippen LogP contribution in [0.5, 0.6) is 23.0 Å². The van der Waals surface area contributed by atoms with Gasteiger partial charge in [0.05, 0.1) is 39.9 Å². The van der Waals surface area contributed by atoms with Crippen molar-refractivity contribution in [3.8, 4) is 23.0 Å². The van der Waals surface area contributed by atoms with E-state index in [1.807, 2.05) is 6.07 Å². The van der Waals surface area contributed by atoms with Crippen molar-refractivity contribution in [1.29, 1.82) is 0 Å². The third-order valence-electron chi connectivity index (χ3n) is 4.26. The van der Waals surface area contributed by atoms with Crippen molar-refractivity contribution in [2.24, 2.45) is 0 Å². The smallest absolute Gasteiger partial charge is 0.257 e. The number of anilines is 2. The van der Waals surface area contributed by atoms with Crippen molar-refractivity contribution in [2.75, 3.05) is 44.8 Å². The first kappa shape index (κ1) is 24.1. The average molecular weight is 491 g/mol. The van der Waals surface area contributed by atoms with Crippen molar-refractivity contribution >= 4 is 45.7 Å². The van der Waals surface area contributed by atoms with Crippen molar-refractivity contribution < 1.29 is 28.5 Å². The summed E-state index contributed by atoms with van der Waals surface area (Å²) in [6.07, 6.45) is 0. The molecule has 3 aromatic rings. The van der Waals surface area contributed by atoms with E-state index >= 15 is 0 Å². The summed E-state index contributed by atoms with van der Waals surface area (Å²) in [5.74, 6) is 1.15. The molecule has 0 aliphatic heterocycles. The van der Waals surface area contributed by atoms with Gasteiger partial charge < -0.3 is 24.3 Å². The fourth-order valence-electron chi connectivity index (χ4n) is 2.76. The molecule has 2 amide bonds. The molecule has 0 saturated carbocycles. The number of thioether (sulfide) groups is 1. The van der Waals surface area contributed by atoms with Gasteiger partial charge in [0.1, 0.15) is 5.75 Å². The number of amides is 2. The number of nitrogens with zero attached hydrogens (tertiary/aromatic N) is 2. The lowest BCUT2D eigenvalue weighted by atomic mass is 10.1. The summed E-state index contributed by atoms with van der Waals surface area (Å²) >= 11 is 2.36. The van der Waals surface area contributed by atoms with E-state index in [1.54, 1.807) is 18.2 Å². The zero-order valence-electron chi connectivity index (χ0n) is 18.3. The van der Waals surface area contributed by atoms with Gasteiger partial charge in [-0.2, -0.15) is 0 Å². The molecule has 2 N–H and O–H groups in total. The fraction of sp³-hybridized carbons (Fsp3) is 0.238. The highest BCUT2D eigenvalue weighted by Crippen LogP contribution is 2.38. The first-order valence-electron chi connectivity index (χ1n) is 9.49. The van der Waals surface area contributed by atoms with Gasteiger partial charge in [-0.15, -0.1) is 10.2 Å². The van der Waals surface area contributed by atoms with Gasteiger partial charge in [-0.1, -0.05) is 35.2 Å². The summed E-state index contributed by atoms with van der Waals surface area (Å²) in [7, 11) is 5.96. The van der Waals surface area contributed by atoms with Crippen LogP contribution >= 0.6 is 23.1 Å². The van der Waals surface area contributed by atoms with Gasteiger partial charge in [-0.25, -0.2) is 0 Å². The predicted molar refractivity (Wildman–Crippen MR) is 126 cm³/mol. The standard InChI is InChI=1S/C21H22N4O6S2/c1-28-14-8-6-5-7-13(14)22-17(26)11-32-21-25-24-20(33-21)23-19(27)12-9-15(29-2)18(31-4)16(10-12)30-3/h5-10H,11H2,1-4H3,(H,22,26)(H,23,24,27). The number of methoxy groups -OCH3 is 4. The lowest BCUT2D eigenvalue weighted by Crippen LogP contribution is -2.14. The Balaban J connectivity index is 1.60. The number of para-hydroxylation sites is 2. The molecule has 1 heterocycles. The highest BCUT2D eigenvalue weighted by Gasteiger charge is 2.18. The van der Waals surface area contributed by atoms with Crippen molar-refractivity contribution in [3.05, 3.63) is 42.0 Å². The molecule has 12 heteroatoms. The molecule has 2 aromatic carbocycles. The Morgan fingerprint density at radius 3 is 2.21 bits per heavy atom. The maximum atomic E-state index is 12.7. The summed E-state index contributed by atoms with van der Waals surface area (Å²) in [4.78, 5) is 24.9. The molecule has 0 bridgehead atoms. The third-order valence-corrected chi connectivity index (χ3v) is 6.23. The molecule has 0 fully saturated rings. The van der Waals surface area contributed by atoms with E-state index in [1.165, 1.54) is 52.3 Å². The highest BCUT2D eigenvalue weighted by atomic mass is 32.2. The quantitative estimate of drug-likeness (QED) is 0.325. The Morgan fingerprint density at radius 1 is 0.909 bits per heavy atom. The van der Waals surface area contributed by atoms with Crippen LogP contribution in [0.2, 0.25) is 0 Å². The number of hydrogen-bond acceptors (Lipinski definition) is 10. The molecule has 33 heavy (non-hydrogen) atoms. The van der Waals surface area contributed by atoms with Gasteiger partial charge in [0.25, 0.3) is 5.91 Å². The van der Waals surface area contributed by atoms with Crippen LogP contribution in [0.4, 0.5) is 10.8 Å². The number of aromatic nitrogens is 2. The highest BCUT2D eigenvalue weighted by molar-refractivity contribution is 8.01. The van der Waals surface area contributed by atoms with Gasteiger partial charge in [0, 0.05) is 5.56 Å². The molecule has 3 rings (SSSR count). The van der Waals surface area contributed by atoms with Gasteiger partial charge in [0.15, 0.2) is 15.8 Å². The molecular weight excluding hydrogens is 468 g/mol. The Bertz CT molecular complexity index is 1110. The largest absolute Gasteiger partial charge is 0.495 e. The molecule has 0 radical (unpaired) electrons. The van der Waals surface area contributed by atoms with Crippen LogP contribution in [0, 0.1) is 0 Å². The maximum Gasteiger partial charge on any atom is 0.257 e. The number of carbonyl (C=O) groups is 2. The molecule has 0 unspecified atom stereocenters. The normalized spacial score (nSPS) is 10.3. The minimum absolute atomic E-state index is 0.119. The Morgan fingerprint density at radius 2 is 1.58 bits per heavy atom. The van der Waals surface area contributed by atoms with E-state index < -0.39 is 5.91 Å². The van der Waals surface area contributed by atoms with E-state index in [0.717, 1.165) is 11.3 Å². The molecule has 0 aliphatic rings. The van der Waals surface area contributed by atoms with Crippen LogP contribution < -0.4 is 29.6 Å². The van der Waals surface area contributed by atoms with Crippen LogP contribution in [0.3, 0.4) is 0 Å². The fourth-order valence-corrected chi connectivity index (χ4v) is 4.31. The van der Waals surface area contributed by atoms with Crippen molar-refractivity contribution in [2.45, 2.75) is 4.34 Å². The summed E-state index contributed by atoms with van der Waals surface area (Å²) in [6, 6.07) is 10.2.